The van der Waals surface area contributed by atoms with Crippen LogP contribution in [-0.2, 0) is 0 Å². The van der Waals surface area contributed by atoms with Gasteiger partial charge in [0.2, 0.25) is 11.7 Å². The maximum absolute atomic E-state index is 13.4. The van der Waals surface area contributed by atoms with Crippen LogP contribution in [0.5, 0.6) is 0 Å². The lowest BCUT2D eigenvalue weighted by molar-refractivity contribution is 0.0746. The Hall–Kier alpha value is -3.29. The molecule has 1 aliphatic heterocycles. The van der Waals surface area contributed by atoms with Crippen LogP contribution in [0.15, 0.2) is 47.0 Å². The second-order valence-electron chi connectivity index (χ2n) is 7.69. The zero-order valence-electron chi connectivity index (χ0n) is 16.2. The molecule has 30 heavy (non-hydrogen) atoms. The number of rotatable bonds is 4. The minimum absolute atomic E-state index is 0.164. The quantitative estimate of drug-likeness (QED) is 0.654. The van der Waals surface area contributed by atoms with Gasteiger partial charge in [0.05, 0.1) is 0 Å². The Balaban J connectivity index is 1.21. The Morgan fingerprint density at radius 2 is 1.70 bits per heavy atom. The van der Waals surface area contributed by atoms with Gasteiger partial charge in [0.1, 0.15) is 0 Å². The lowest BCUT2D eigenvalue weighted by Crippen LogP contribution is -2.48. The Morgan fingerprint density at radius 1 is 0.967 bits per heavy atom. The monoisotopic (exact) mass is 410 g/mol. The van der Waals surface area contributed by atoms with Gasteiger partial charge in [-0.1, -0.05) is 5.16 Å². The van der Waals surface area contributed by atoms with Crippen molar-refractivity contribution in [3.05, 3.63) is 65.6 Å². The van der Waals surface area contributed by atoms with E-state index < -0.39 is 11.6 Å². The van der Waals surface area contributed by atoms with Gasteiger partial charge < -0.3 is 14.3 Å². The first kappa shape index (κ1) is 18.7. The fraction of sp³-hybridized carbons (Fsp3) is 0.318. The fourth-order valence-electron chi connectivity index (χ4n) is 3.65. The van der Waals surface area contributed by atoms with Gasteiger partial charge in [-0.2, -0.15) is 4.98 Å². The van der Waals surface area contributed by atoms with Gasteiger partial charge in [-0.3, -0.25) is 4.79 Å². The number of nitrogens with zero attached hydrogens (tertiary/aromatic N) is 4. The van der Waals surface area contributed by atoms with Gasteiger partial charge in [-0.15, -0.1) is 0 Å². The molecule has 2 heterocycles. The lowest BCUT2D eigenvalue weighted by Gasteiger charge is -2.36. The van der Waals surface area contributed by atoms with Crippen LogP contribution in [0.2, 0.25) is 0 Å². The number of carbonyl (C=O) groups excluding carboxylic acids is 1. The highest BCUT2D eigenvalue weighted by molar-refractivity contribution is 5.94. The number of halogens is 2. The van der Waals surface area contributed by atoms with Gasteiger partial charge >= 0.3 is 0 Å². The summed E-state index contributed by atoms with van der Waals surface area (Å²) in [6.07, 6.45) is 2.23. The molecule has 3 aromatic rings. The van der Waals surface area contributed by atoms with Gasteiger partial charge in [0, 0.05) is 48.9 Å². The van der Waals surface area contributed by atoms with E-state index in [1.807, 2.05) is 24.3 Å². The van der Waals surface area contributed by atoms with E-state index >= 15 is 0 Å². The molecule has 0 bridgehead atoms. The maximum atomic E-state index is 13.4. The zero-order valence-corrected chi connectivity index (χ0v) is 16.2. The van der Waals surface area contributed by atoms with Crippen LogP contribution in [0.3, 0.4) is 0 Å². The van der Waals surface area contributed by atoms with E-state index in [-0.39, 0.29) is 11.5 Å². The van der Waals surface area contributed by atoms with Crippen LogP contribution in [0.1, 0.15) is 35.0 Å². The summed E-state index contributed by atoms with van der Waals surface area (Å²) < 4.78 is 31.8. The summed E-state index contributed by atoms with van der Waals surface area (Å²) >= 11 is 0. The first-order valence-electron chi connectivity index (χ1n) is 10.0. The number of hydrogen-bond acceptors (Lipinski definition) is 5. The van der Waals surface area contributed by atoms with E-state index in [1.54, 1.807) is 4.90 Å². The molecule has 1 saturated carbocycles. The molecule has 2 aromatic carbocycles. The molecule has 1 aromatic heterocycles. The summed E-state index contributed by atoms with van der Waals surface area (Å²) in [6.45, 7) is 2.33. The van der Waals surface area contributed by atoms with Gasteiger partial charge in [-0.25, -0.2) is 8.78 Å². The van der Waals surface area contributed by atoms with Crippen LogP contribution < -0.4 is 4.90 Å². The molecular formula is C22H20F2N4O2. The standard InChI is InChI=1S/C22H20F2N4O2/c23-18-8-5-16(13-19(18)24)22(29)28-11-9-27(10-12-28)17-6-3-14(4-7-17)20-25-21(30-26-20)15-1-2-15/h3-8,13,15H,1-2,9-12H2. The second-order valence-corrected chi connectivity index (χ2v) is 7.69. The third-order valence-corrected chi connectivity index (χ3v) is 5.59. The molecular weight excluding hydrogens is 390 g/mol. The number of piperazine rings is 1. The lowest BCUT2D eigenvalue weighted by atomic mass is 10.1. The summed E-state index contributed by atoms with van der Waals surface area (Å²) in [7, 11) is 0. The van der Waals surface area contributed by atoms with Crippen molar-refractivity contribution < 1.29 is 18.1 Å². The third-order valence-electron chi connectivity index (χ3n) is 5.59. The van der Waals surface area contributed by atoms with E-state index in [9.17, 15) is 13.6 Å². The number of hydrogen-bond donors (Lipinski definition) is 0. The van der Waals surface area contributed by atoms with Gasteiger partial charge in [-0.05, 0) is 55.3 Å². The second kappa shape index (κ2) is 7.51. The normalized spacial score (nSPS) is 16.7. The molecule has 1 aliphatic carbocycles. The van der Waals surface area contributed by atoms with Crippen LogP contribution >= 0.6 is 0 Å². The summed E-state index contributed by atoms with van der Waals surface area (Å²) in [5.74, 6) is -0.500. The first-order valence-corrected chi connectivity index (χ1v) is 10.0. The summed E-state index contributed by atoms with van der Waals surface area (Å²) in [4.78, 5) is 20.9. The molecule has 0 unspecified atom stereocenters. The molecule has 1 saturated heterocycles. The summed E-state index contributed by atoms with van der Waals surface area (Å²) in [6, 6.07) is 11.2. The minimum Gasteiger partial charge on any atom is -0.368 e. The van der Waals surface area contributed by atoms with Crippen molar-refractivity contribution in [1.82, 2.24) is 15.0 Å². The van der Waals surface area contributed by atoms with E-state index in [1.165, 1.54) is 6.07 Å². The van der Waals surface area contributed by atoms with Crippen molar-refractivity contribution in [2.45, 2.75) is 18.8 Å². The van der Waals surface area contributed by atoms with E-state index in [4.69, 9.17) is 4.52 Å². The molecule has 5 rings (SSSR count). The Labute approximate surface area is 172 Å². The molecule has 154 valence electrons. The highest BCUT2D eigenvalue weighted by Crippen LogP contribution is 2.39. The van der Waals surface area contributed by atoms with Crippen LogP contribution in [-0.4, -0.2) is 47.1 Å². The van der Waals surface area contributed by atoms with Crippen LogP contribution in [0.25, 0.3) is 11.4 Å². The molecule has 2 aliphatic rings. The molecule has 0 N–H and O–H groups in total. The molecule has 0 radical (unpaired) electrons. The Kier molecular flexibility index (Phi) is 4.69. The van der Waals surface area contributed by atoms with Crippen LogP contribution in [0.4, 0.5) is 14.5 Å². The fourth-order valence-corrected chi connectivity index (χ4v) is 3.65. The molecule has 0 spiro atoms. The number of carbonyl (C=O) groups is 1. The third kappa shape index (κ3) is 3.65. The minimum atomic E-state index is -1.01. The first-order chi connectivity index (χ1) is 14.6. The predicted octanol–water partition coefficient (Wildman–Crippen LogP) is 3.85. The molecule has 0 atom stereocenters. The smallest absolute Gasteiger partial charge is 0.254 e. The average Bonchev–Trinajstić information content (AvgIpc) is 3.52. The highest BCUT2D eigenvalue weighted by Gasteiger charge is 2.30. The van der Waals surface area contributed by atoms with Crippen molar-refractivity contribution in [2.24, 2.45) is 0 Å². The number of benzene rings is 2. The summed E-state index contributed by atoms with van der Waals surface area (Å²) in [5.41, 5.74) is 2.11. The largest absolute Gasteiger partial charge is 0.368 e. The Bertz CT molecular complexity index is 1070. The highest BCUT2D eigenvalue weighted by atomic mass is 19.2. The van der Waals surface area contributed by atoms with Gasteiger partial charge in [0.15, 0.2) is 11.6 Å². The molecule has 6 nitrogen and oxygen atoms in total. The number of aromatic nitrogens is 2. The van der Waals surface area contributed by atoms with Crippen molar-refractivity contribution in [3.63, 3.8) is 0 Å². The van der Waals surface area contributed by atoms with Gasteiger partial charge in [0.25, 0.3) is 5.91 Å². The summed E-state index contributed by atoms with van der Waals surface area (Å²) in [5, 5.41) is 4.07. The van der Waals surface area contributed by atoms with Crippen molar-refractivity contribution >= 4 is 11.6 Å². The Morgan fingerprint density at radius 3 is 2.37 bits per heavy atom. The van der Waals surface area contributed by atoms with Crippen molar-refractivity contribution in [1.29, 1.82) is 0 Å². The molecule has 2 fully saturated rings. The average molecular weight is 410 g/mol. The predicted molar refractivity (Wildman–Crippen MR) is 106 cm³/mol. The molecule has 1 amide bonds. The topological polar surface area (TPSA) is 62.5 Å². The SMILES string of the molecule is O=C(c1ccc(F)c(F)c1)N1CCN(c2ccc(-c3noc(C4CC4)n3)cc2)CC1. The number of amides is 1. The van der Waals surface area contributed by atoms with E-state index in [0.29, 0.717) is 37.9 Å². The molecule has 8 heteroatoms. The maximum Gasteiger partial charge on any atom is 0.254 e. The van der Waals surface area contributed by atoms with Crippen molar-refractivity contribution in [3.8, 4) is 11.4 Å². The zero-order chi connectivity index (χ0) is 20.7. The van der Waals surface area contributed by atoms with Crippen molar-refractivity contribution in [2.75, 3.05) is 31.1 Å². The van der Waals surface area contributed by atoms with E-state index in [2.05, 4.69) is 15.0 Å². The van der Waals surface area contributed by atoms with E-state index in [0.717, 1.165) is 42.1 Å². The number of anilines is 1. The van der Waals surface area contributed by atoms with Crippen LogP contribution in [0, 0.1) is 11.6 Å².